The van der Waals surface area contributed by atoms with Gasteiger partial charge in [0.2, 0.25) is 0 Å². The lowest BCUT2D eigenvalue weighted by Gasteiger charge is -2.22. The quantitative estimate of drug-likeness (QED) is 0.503. The Hall–Kier alpha value is -3.73. The van der Waals surface area contributed by atoms with Crippen LogP contribution in [0.2, 0.25) is 0 Å². The van der Waals surface area contributed by atoms with Crippen LogP contribution in [0.4, 0.5) is 17.2 Å². The zero-order chi connectivity index (χ0) is 20.4. The summed E-state index contributed by atoms with van der Waals surface area (Å²) in [5.41, 5.74) is 4.59. The fourth-order valence-corrected chi connectivity index (χ4v) is 3.34. The number of carbonyl (C=O) groups excluding carboxylic acids is 2. The van der Waals surface area contributed by atoms with Gasteiger partial charge in [0.1, 0.15) is 5.82 Å². The van der Waals surface area contributed by atoms with Crippen LogP contribution in [0.1, 0.15) is 40.1 Å². The summed E-state index contributed by atoms with van der Waals surface area (Å²) >= 11 is 0. The summed E-state index contributed by atoms with van der Waals surface area (Å²) in [7, 11) is 0. The summed E-state index contributed by atoms with van der Waals surface area (Å²) in [5.74, 6) is 0.559. The molecule has 0 fully saturated rings. The van der Waals surface area contributed by atoms with Gasteiger partial charge in [0.15, 0.2) is 5.78 Å². The van der Waals surface area contributed by atoms with Gasteiger partial charge in [0.25, 0.3) is 5.91 Å². The predicted molar refractivity (Wildman–Crippen MR) is 115 cm³/mol. The number of nitrogens with one attached hydrogen (secondary N) is 1. The molecule has 2 heterocycles. The first-order valence-electron chi connectivity index (χ1n) is 9.44. The highest BCUT2D eigenvalue weighted by Crippen LogP contribution is 2.35. The average Bonchev–Trinajstić information content (AvgIpc) is 2.89. The van der Waals surface area contributed by atoms with Gasteiger partial charge in [-0.05, 0) is 50.3 Å². The molecule has 1 aromatic heterocycles. The standard InChI is InChI=1S/C24H21N3O2/c1-16(2)14-22(28)17-9-11-18(12-10-17)24(29)27-15-19-6-5-13-25-23(19)26-20-7-3-4-8-21(20)27/h3-14H,15H2,1-2H3,(H,25,26). The summed E-state index contributed by atoms with van der Waals surface area (Å²) in [6.45, 7) is 4.17. The van der Waals surface area contributed by atoms with Crippen LogP contribution in [0.25, 0.3) is 0 Å². The molecule has 0 radical (unpaired) electrons. The van der Waals surface area contributed by atoms with Crippen LogP contribution in [0.5, 0.6) is 0 Å². The van der Waals surface area contributed by atoms with E-state index in [0.717, 1.165) is 28.3 Å². The van der Waals surface area contributed by atoms with Crippen molar-refractivity contribution < 1.29 is 9.59 Å². The van der Waals surface area contributed by atoms with Crippen molar-refractivity contribution in [1.82, 2.24) is 4.98 Å². The molecule has 0 unspecified atom stereocenters. The third-order valence-electron chi connectivity index (χ3n) is 4.75. The summed E-state index contributed by atoms with van der Waals surface area (Å²) in [5, 5.41) is 3.33. The lowest BCUT2D eigenvalue weighted by atomic mass is 10.1. The van der Waals surface area contributed by atoms with Gasteiger partial charge in [-0.25, -0.2) is 4.98 Å². The van der Waals surface area contributed by atoms with E-state index in [4.69, 9.17) is 0 Å². The van der Waals surface area contributed by atoms with Crippen molar-refractivity contribution >= 4 is 28.9 Å². The highest BCUT2D eigenvalue weighted by atomic mass is 16.2. The van der Waals surface area contributed by atoms with Crippen LogP contribution in [0, 0.1) is 0 Å². The molecule has 0 saturated carbocycles. The SMILES string of the molecule is CC(C)=CC(=O)c1ccc(C(=O)N2Cc3cccnc3Nc3ccccc32)cc1. The molecule has 0 atom stereocenters. The molecule has 5 nitrogen and oxygen atoms in total. The van der Waals surface area contributed by atoms with Crippen molar-refractivity contribution in [3.8, 4) is 0 Å². The molecule has 5 heteroatoms. The first-order chi connectivity index (χ1) is 14.0. The molecule has 1 N–H and O–H groups in total. The van der Waals surface area contributed by atoms with Gasteiger partial charge in [-0.3, -0.25) is 9.59 Å². The second-order valence-electron chi connectivity index (χ2n) is 7.21. The molecular weight excluding hydrogens is 362 g/mol. The highest BCUT2D eigenvalue weighted by molar-refractivity contribution is 6.09. The van der Waals surface area contributed by atoms with Gasteiger partial charge < -0.3 is 10.2 Å². The van der Waals surface area contributed by atoms with E-state index in [1.807, 2.05) is 50.2 Å². The van der Waals surface area contributed by atoms with Crippen molar-refractivity contribution in [1.29, 1.82) is 0 Å². The average molecular weight is 383 g/mol. The number of para-hydroxylation sites is 2. The Bertz CT molecular complexity index is 1110. The topological polar surface area (TPSA) is 62.3 Å². The molecule has 0 saturated heterocycles. The minimum absolute atomic E-state index is 0.0617. The van der Waals surface area contributed by atoms with Gasteiger partial charge in [-0.2, -0.15) is 0 Å². The van der Waals surface area contributed by atoms with Gasteiger partial charge in [0.05, 0.1) is 17.9 Å². The Morgan fingerprint density at radius 1 is 0.966 bits per heavy atom. The number of anilines is 3. The first-order valence-corrected chi connectivity index (χ1v) is 9.44. The third-order valence-corrected chi connectivity index (χ3v) is 4.75. The summed E-state index contributed by atoms with van der Waals surface area (Å²) in [6.07, 6.45) is 3.33. The number of pyridine rings is 1. The molecule has 1 aliphatic heterocycles. The Balaban J connectivity index is 1.69. The number of fused-ring (bicyclic) bond motifs is 2. The summed E-state index contributed by atoms with van der Waals surface area (Å²) in [4.78, 5) is 31.7. The van der Waals surface area contributed by atoms with E-state index >= 15 is 0 Å². The van der Waals surface area contributed by atoms with Crippen molar-refractivity contribution in [3.05, 3.63) is 95.2 Å². The number of hydrogen-bond acceptors (Lipinski definition) is 4. The summed E-state index contributed by atoms with van der Waals surface area (Å²) in [6, 6.07) is 18.3. The van der Waals surface area contributed by atoms with Crippen LogP contribution in [-0.2, 0) is 6.54 Å². The maximum Gasteiger partial charge on any atom is 0.258 e. The van der Waals surface area contributed by atoms with E-state index in [-0.39, 0.29) is 11.7 Å². The highest BCUT2D eigenvalue weighted by Gasteiger charge is 2.25. The number of ketones is 1. The van der Waals surface area contributed by atoms with Gasteiger partial charge in [0, 0.05) is 22.9 Å². The second kappa shape index (κ2) is 7.72. The molecule has 0 spiro atoms. The van der Waals surface area contributed by atoms with Crippen molar-refractivity contribution in [2.45, 2.75) is 20.4 Å². The molecule has 29 heavy (non-hydrogen) atoms. The number of allylic oxidation sites excluding steroid dienone is 2. The van der Waals surface area contributed by atoms with Gasteiger partial charge in [-0.1, -0.05) is 35.9 Å². The number of benzene rings is 2. The fourth-order valence-electron chi connectivity index (χ4n) is 3.34. The molecular formula is C24H21N3O2. The Labute approximate surface area is 169 Å². The van der Waals surface area contributed by atoms with E-state index in [1.165, 1.54) is 0 Å². The van der Waals surface area contributed by atoms with Gasteiger partial charge >= 0.3 is 0 Å². The molecule has 144 valence electrons. The minimum Gasteiger partial charge on any atom is -0.338 e. The molecule has 3 aromatic rings. The van der Waals surface area contributed by atoms with Crippen LogP contribution >= 0.6 is 0 Å². The minimum atomic E-state index is -0.128. The van der Waals surface area contributed by atoms with E-state index in [2.05, 4.69) is 10.3 Å². The number of hydrogen-bond donors (Lipinski definition) is 1. The molecule has 1 aliphatic rings. The van der Waals surface area contributed by atoms with Crippen molar-refractivity contribution in [3.63, 3.8) is 0 Å². The van der Waals surface area contributed by atoms with E-state index < -0.39 is 0 Å². The maximum absolute atomic E-state index is 13.4. The number of aromatic nitrogens is 1. The zero-order valence-electron chi connectivity index (χ0n) is 16.3. The van der Waals surface area contributed by atoms with Crippen molar-refractivity contribution in [2.75, 3.05) is 10.2 Å². The van der Waals surface area contributed by atoms with E-state index in [9.17, 15) is 9.59 Å². The molecule has 0 bridgehead atoms. The van der Waals surface area contributed by atoms with E-state index in [1.54, 1.807) is 41.4 Å². The van der Waals surface area contributed by atoms with Crippen LogP contribution in [0.3, 0.4) is 0 Å². The Kier molecular flexibility index (Phi) is 4.96. The number of nitrogens with zero attached hydrogens (tertiary/aromatic N) is 2. The monoisotopic (exact) mass is 383 g/mol. The van der Waals surface area contributed by atoms with Crippen LogP contribution in [-0.4, -0.2) is 16.7 Å². The smallest absolute Gasteiger partial charge is 0.258 e. The van der Waals surface area contributed by atoms with Crippen LogP contribution < -0.4 is 10.2 Å². The molecule has 4 rings (SSSR count). The number of rotatable bonds is 3. The van der Waals surface area contributed by atoms with Crippen molar-refractivity contribution in [2.24, 2.45) is 0 Å². The lowest BCUT2D eigenvalue weighted by molar-refractivity contribution is 0.0983. The number of amides is 1. The third kappa shape index (κ3) is 3.80. The Morgan fingerprint density at radius 3 is 2.45 bits per heavy atom. The zero-order valence-corrected chi connectivity index (χ0v) is 16.3. The molecule has 1 amide bonds. The number of carbonyl (C=O) groups is 2. The fraction of sp³-hybridized carbons (Fsp3) is 0.125. The van der Waals surface area contributed by atoms with Gasteiger partial charge in [-0.15, -0.1) is 0 Å². The first kappa shape index (κ1) is 18.6. The maximum atomic E-state index is 13.4. The van der Waals surface area contributed by atoms with Crippen LogP contribution in [0.15, 0.2) is 78.5 Å². The molecule has 2 aromatic carbocycles. The normalized spacial score (nSPS) is 12.1. The second-order valence-corrected chi connectivity index (χ2v) is 7.21. The Morgan fingerprint density at radius 2 is 1.69 bits per heavy atom. The van der Waals surface area contributed by atoms with E-state index in [0.29, 0.717) is 17.7 Å². The summed E-state index contributed by atoms with van der Waals surface area (Å²) < 4.78 is 0. The molecule has 0 aliphatic carbocycles. The largest absolute Gasteiger partial charge is 0.338 e. The predicted octanol–water partition coefficient (Wildman–Crippen LogP) is 5.13. The lowest BCUT2D eigenvalue weighted by Crippen LogP contribution is -2.30.